The lowest BCUT2D eigenvalue weighted by molar-refractivity contribution is 0.0854. The van der Waals surface area contributed by atoms with E-state index >= 15 is 0 Å². The van der Waals surface area contributed by atoms with Crippen molar-refractivity contribution in [1.82, 2.24) is 9.47 Å². The first kappa shape index (κ1) is 23.7. The molecular weight excluding hydrogens is 461 g/mol. The predicted octanol–water partition coefficient (Wildman–Crippen LogP) is 6.04. The molecule has 2 heterocycles. The van der Waals surface area contributed by atoms with Crippen LogP contribution in [0.5, 0.6) is 0 Å². The quantitative estimate of drug-likeness (QED) is 0.328. The second-order valence-corrected chi connectivity index (χ2v) is 10.2. The van der Waals surface area contributed by atoms with Gasteiger partial charge in [-0.1, -0.05) is 55.1 Å². The maximum Gasteiger partial charge on any atom is 0.169 e. The highest BCUT2D eigenvalue weighted by atomic mass is 19.1. The summed E-state index contributed by atoms with van der Waals surface area (Å²) in [6.07, 6.45) is 3.66. The van der Waals surface area contributed by atoms with Crippen molar-refractivity contribution in [3.63, 3.8) is 0 Å². The number of carbonyl (C=O) groups is 1. The Morgan fingerprint density at radius 2 is 1.65 bits per heavy atom. The second-order valence-electron chi connectivity index (χ2n) is 10.2. The molecule has 0 bridgehead atoms. The zero-order valence-corrected chi connectivity index (χ0v) is 21.1. The van der Waals surface area contributed by atoms with E-state index in [9.17, 15) is 9.18 Å². The maximum atomic E-state index is 13.9. The molecule has 2 aliphatic rings. The standard InChI is InChI=1S/C32H32FN3O/c1-2-23-7-9-24(10-8-23)21-36-29-6-4-3-5-28(29)31-30(36)16-11-25(32(31)37)22-34-17-19-35(20-18-34)27-14-12-26(33)13-15-27/h2-10,12-15,25H,1,11,16-22H2. The zero-order valence-electron chi connectivity index (χ0n) is 21.1. The van der Waals surface area contributed by atoms with Crippen LogP contribution in [-0.2, 0) is 13.0 Å². The summed E-state index contributed by atoms with van der Waals surface area (Å²) >= 11 is 0. The molecule has 188 valence electrons. The van der Waals surface area contributed by atoms with Crippen LogP contribution in [-0.4, -0.2) is 48.0 Å². The third-order valence-corrected chi connectivity index (χ3v) is 8.02. The number of piperazine rings is 1. The third-order valence-electron chi connectivity index (χ3n) is 8.02. The van der Waals surface area contributed by atoms with Crippen LogP contribution in [0.4, 0.5) is 10.1 Å². The Kier molecular flexibility index (Phi) is 6.39. The van der Waals surface area contributed by atoms with Crippen molar-refractivity contribution in [1.29, 1.82) is 0 Å². The van der Waals surface area contributed by atoms with Crippen molar-refractivity contribution < 1.29 is 9.18 Å². The average Bonchev–Trinajstić information content (AvgIpc) is 3.25. The van der Waals surface area contributed by atoms with Crippen LogP contribution in [0.3, 0.4) is 0 Å². The first-order chi connectivity index (χ1) is 18.1. The molecule has 1 fully saturated rings. The Morgan fingerprint density at radius 1 is 0.919 bits per heavy atom. The van der Waals surface area contributed by atoms with Gasteiger partial charge in [-0.05, 0) is 54.3 Å². The summed E-state index contributed by atoms with van der Waals surface area (Å²) in [5.41, 5.74) is 6.65. The lowest BCUT2D eigenvalue weighted by Gasteiger charge is -2.38. The largest absolute Gasteiger partial charge is 0.369 e. The Labute approximate surface area is 217 Å². The molecule has 0 radical (unpaired) electrons. The van der Waals surface area contributed by atoms with E-state index in [1.807, 2.05) is 24.3 Å². The number of Topliss-reactive ketones (excluding diaryl/α,β-unsaturated/α-hetero) is 1. The van der Waals surface area contributed by atoms with E-state index in [2.05, 4.69) is 63.4 Å². The highest BCUT2D eigenvalue weighted by Gasteiger charge is 2.34. The summed E-state index contributed by atoms with van der Waals surface area (Å²) in [6, 6.07) is 23.6. The summed E-state index contributed by atoms with van der Waals surface area (Å²) in [6.45, 7) is 9.02. The van der Waals surface area contributed by atoms with Crippen LogP contribution >= 0.6 is 0 Å². The van der Waals surface area contributed by atoms with Crippen LogP contribution in [0.15, 0.2) is 79.4 Å². The van der Waals surface area contributed by atoms with Gasteiger partial charge in [0.25, 0.3) is 0 Å². The molecule has 1 aliphatic heterocycles. The number of hydrogen-bond acceptors (Lipinski definition) is 3. The smallest absolute Gasteiger partial charge is 0.169 e. The Bertz CT molecular complexity index is 1430. The van der Waals surface area contributed by atoms with Gasteiger partial charge in [0.2, 0.25) is 0 Å². The molecular formula is C32H32FN3O. The molecule has 37 heavy (non-hydrogen) atoms. The van der Waals surface area contributed by atoms with Crippen molar-refractivity contribution in [2.75, 3.05) is 37.6 Å². The van der Waals surface area contributed by atoms with E-state index in [1.54, 1.807) is 0 Å². The maximum absolute atomic E-state index is 13.9. The van der Waals surface area contributed by atoms with Crippen LogP contribution < -0.4 is 4.90 Å². The van der Waals surface area contributed by atoms with Crippen LogP contribution in [0.1, 0.15) is 33.6 Å². The number of nitrogens with zero attached hydrogens (tertiary/aromatic N) is 3. The number of ketones is 1. The molecule has 0 N–H and O–H groups in total. The molecule has 4 nitrogen and oxygen atoms in total. The van der Waals surface area contributed by atoms with Gasteiger partial charge >= 0.3 is 0 Å². The van der Waals surface area contributed by atoms with Crippen molar-refractivity contribution in [2.24, 2.45) is 5.92 Å². The summed E-state index contributed by atoms with van der Waals surface area (Å²) in [7, 11) is 0. The average molecular weight is 494 g/mol. The number of anilines is 1. The number of benzene rings is 3. The molecule has 0 spiro atoms. The minimum atomic E-state index is -0.204. The molecule has 4 aromatic rings. The lowest BCUT2D eigenvalue weighted by atomic mass is 9.84. The third kappa shape index (κ3) is 4.60. The second kappa shape index (κ2) is 9.98. The number of carbonyl (C=O) groups excluding carboxylic acids is 1. The molecule has 1 unspecified atom stereocenters. The molecule has 6 rings (SSSR count). The highest BCUT2D eigenvalue weighted by molar-refractivity contribution is 6.11. The zero-order chi connectivity index (χ0) is 25.4. The molecule has 1 aromatic heterocycles. The minimum absolute atomic E-state index is 0.0241. The first-order valence-electron chi connectivity index (χ1n) is 13.2. The van der Waals surface area contributed by atoms with Crippen LogP contribution in [0.25, 0.3) is 17.0 Å². The molecule has 0 amide bonds. The Hall–Kier alpha value is -3.70. The topological polar surface area (TPSA) is 28.5 Å². The van der Waals surface area contributed by atoms with Gasteiger partial charge in [-0.25, -0.2) is 4.39 Å². The number of aromatic nitrogens is 1. The summed E-state index contributed by atoms with van der Waals surface area (Å²) in [5, 5.41) is 1.08. The number of rotatable bonds is 6. The fraction of sp³-hybridized carbons (Fsp3) is 0.281. The predicted molar refractivity (Wildman–Crippen MR) is 149 cm³/mol. The molecule has 1 atom stereocenters. The fourth-order valence-corrected chi connectivity index (χ4v) is 5.99. The summed E-state index contributed by atoms with van der Waals surface area (Å²) in [4.78, 5) is 18.6. The highest BCUT2D eigenvalue weighted by Crippen LogP contribution is 2.35. The van der Waals surface area contributed by atoms with Gasteiger partial charge in [0, 0.05) is 73.0 Å². The molecule has 1 aliphatic carbocycles. The van der Waals surface area contributed by atoms with Crippen molar-refractivity contribution in [3.8, 4) is 0 Å². The van der Waals surface area contributed by atoms with Crippen LogP contribution in [0, 0.1) is 11.7 Å². The fourth-order valence-electron chi connectivity index (χ4n) is 5.99. The van der Waals surface area contributed by atoms with Crippen molar-refractivity contribution in [3.05, 3.63) is 108 Å². The van der Waals surface area contributed by atoms with Gasteiger partial charge in [0.15, 0.2) is 5.78 Å². The van der Waals surface area contributed by atoms with Gasteiger partial charge in [-0.15, -0.1) is 0 Å². The van der Waals surface area contributed by atoms with E-state index in [0.29, 0.717) is 5.78 Å². The molecule has 0 saturated carbocycles. The van der Waals surface area contributed by atoms with E-state index in [4.69, 9.17) is 0 Å². The van der Waals surface area contributed by atoms with Crippen molar-refractivity contribution in [2.45, 2.75) is 19.4 Å². The number of para-hydroxylation sites is 1. The molecule has 3 aromatic carbocycles. The van der Waals surface area contributed by atoms with E-state index in [1.165, 1.54) is 23.4 Å². The van der Waals surface area contributed by atoms with Gasteiger partial charge in [-0.2, -0.15) is 0 Å². The van der Waals surface area contributed by atoms with E-state index in [-0.39, 0.29) is 11.7 Å². The number of hydrogen-bond donors (Lipinski definition) is 0. The SMILES string of the molecule is C=Cc1ccc(Cn2c3c(c4ccccc42)C(=O)C(CN2CCN(c4ccc(F)cc4)CC2)CC3)cc1. The molecule has 1 saturated heterocycles. The van der Waals surface area contributed by atoms with Gasteiger partial charge in [0.05, 0.1) is 0 Å². The summed E-state index contributed by atoms with van der Waals surface area (Å²) in [5.74, 6) is 0.111. The van der Waals surface area contributed by atoms with Crippen LogP contribution in [0.2, 0.25) is 0 Å². The normalized spacial score (nSPS) is 18.2. The van der Waals surface area contributed by atoms with Gasteiger partial charge in [-0.3, -0.25) is 9.69 Å². The number of fused-ring (bicyclic) bond motifs is 3. The van der Waals surface area contributed by atoms with Gasteiger partial charge in [0.1, 0.15) is 5.82 Å². The van der Waals surface area contributed by atoms with E-state index in [0.717, 1.165) is 79.8 Å². The Morgan fingerprint density at radius 3 is 2.38 bits per heavy atom. The van der Waals surface area contributed by atoms with Gasteiger partial charge < -0.3 is 9.47 Å². The lowest BCUT2D eigenvalue weighted by Crippen LogP contribution is -2.49. The number of halogens is 1. The first-order valence-corrected chi connectivity index (χ1v) is 13.2. The minimum Gasteiger partial charge on any atom is -0.369 e. The molecule has 5 heteroatoms. The monoisotopic (exact) mass is 493 g/mol. The van der Waals surface area contributed by atoms with Crippen molar-refractivity contribution >= 4 is 28.4 Å². The van der Waals surface area contributed by atoms with E-state index < -0.39 is 0 Å². The Balaban J connectivity index is 1.19. The summed E-state index contributed by atoms with van der Waals surface area (Å²) < 4.78 is 15.6.